The van der Waals surface area contributed by atoms with E-state index in [0.717, 1.165) is 4.90 Å². The van der Waals surface area contributed by atoms with E-state index in [2.05, 4.69) is 16.0 Å². The number of carbonyl (C=O) groups is 4. The second kappa shape index (κ2) is 8.33. The van der Waals surface area contributed by atoms with Gasteiger partial charge in [-0.1, -0.05) is 0 Å². The molecular weight excluding hydrogens is 410 g/mol. The van der Waals surface area contributed by atoms with Crippen LogP contribution in [0.3, 0.4) is 0 Å². The Balaban J connectivity index is 1.42. The van der Waals surface area contributed by atoms with Crippen LogP contribution in [0.1, 0.15) is 52.8 Å². The molecule has 3 N–H and O–H groups in total. The summed E-state index contributed by atoms with van der Waals surface area (Å²) < 4.78 is 28.4. The van der Waals surface area contributed by atoms with Gasteiger partial charge in [-0.2, -0.15) is 0 Å². The lowest BCUT2D eigenvalue weighted by Gasteiger charge is -2.27. The number of carbonyl (C=O) groups excluding carboxylic acids is 4. The number of piperidine rings is 1. The molecule has 10 heteroatoms. The van der Waals surface area contributed by atoms with Crippen LogP contribution in [0.15, 0.2) is 18.2 Å². The Bertz CT molecular complexity index is 936. The van der Waals surface area contributed by atoms with E-state index in [-0.39, 0.29) is 36.8 Å². The van der Waals surface area contributed by atoms with Crippen LogP contribution in [0.25, 0.3) is 0 Å². The maximum absolute atomic E-state index is 14.2. The Morgan fingerprint density at radius 2 is 1.84 bits per heavy atom. The first-order valence-electron chi connectivity index (χ1n) is 10.5. The van der Waals surface area contributed by atoms with Gasteiger partial charge in [-0.05, 0) is 44.0 Å². The number of amides is 4. The highest BCUT2D eigenvalue weighted by Crippen LogP contribution is 2.34. The van der Waals surface area contributed by atoms with E-state index in [1.807, 2.05) is 0 Å². The molecule has 0 radical (unpaired) electrons. The number of benzene rings is 1. The molecule has 1 aromatic carbocycles. The molecule has 0 spiro atoms. The lowest BCUT2D eigenvalue weighted by atomic mass is 9.93. The summed E-state index contributed by atoms with van der Waals surface area (Å²) in [6.07, 6.45) is 0.640. The third-order valence-corrected chi connectivity index (χ3v) is 6.16. The third kappa shape index (κ3) is 4.16. The van der Waals surface area contributed by atoms with Crippen molar-refractivity contribution in [2.24, 2.45) is 5.92 Å². The fourth-order valence-electron chi connectivity index (χ4n) is 4.40. The van der Waals surface area contributed by atoms with Crippen molar-refractivity contribution in [3.63, 3.8) is 0 Å². The topological polar surface area (TPSA) is 108 Å². The largest absolute Gasteiger partial charge is 0.385 e. The quantitative estimate of drug-likeness (QED) is 0.607. The van der Waals surface area contributed by atoms with E-state index in [1.165, 1.54) is 12.1 Å². The molecule has 3 heterocycles. The molecule has 4 amide bonds. The van der Waals surface area contributed by atoms with E-state index in [9.17, 15) is 28.0 Å². The number of anilines is 1. The van der Waals surface area contributed by atoms with Crippen molar-refractivity contribution < 1.29 is 28.0 Å². The molecule has 31 heavy (non-hydrogen) atoms. The monoisotopic (exact) mass is 434 g/mol. The predicted molar refractivity (Wildman–Crippen MR) is 107 cm³/mol. The summed E-state index contributed by atoms with van der Waals surface area (Å²) in [5, 5.41) is 8.21. The number of hydrogen-bond acceptors (Lipinski definition) is 6. The molecule has 3 aliphatic rings. The number of rotatable bonds is 5. The number of fused-ring (bicyclic) bond motifs is 1. The zero-order chi connectivity index (χ0) is 22.2. The third-order valence-electron chi connectivity index (χ3n) is 6.16. The minimum absolute atomic E-state index is 0.0535. The van der Waals surface area contributed by atoms with Gasteiger partial charge in [-0.15, -0.1) is 0 Å². The van der Waals surface area contributed by atoms with Crippen LogP contribution in [0.5, 0.6) is 0 Å². The average Bonchev–Trinajstić information content (AvgIpc) is 2.84. The van der Waals surface area contributed by atoms with Crippen molar-refractivity contribution in [1.29, 1.82) is 0 Å². The maximum Gasteiger partial charge on any atom is 0.262 e. The minimum atomic E-state index is -2.71. The summed E-state index contributed by atoms with van der Waals surface area (Å²) in [7, 11) is 0. The van der Waals surface area contributed by atoms with Crippen LogP contribution in [-0.4, -0.2) is 60.1 Å². The highest BCUT2D eigenvalue weighted by molar-refractivity contribution is 6.23. The van der Waals surface area contributed by atoms with Crippen molar-refractivity contribution in [3.8, 4) is 0 Å². The molecule has 4 rings (SSSR count). The van der Waals surface area contributed by atoms with Gasteiger partial charge in [0.2, 0.25) is 11.8 Å². The highest BCUT2D eigenvalue weighted by atomic mass is 19.3. The molecule has 0 saturated carbocycles. The molecule has 166 valence electrons. The molecule has 2 atom stereocenters. The van der Waals surface area contributed by atoms with Crippen LogP contribution in [-0.2, 0) is 9.59 Å². The number of nitrogens with one attached hydrogen (secondary N) is 3. The van der Waals surface area contributed by atoms with Gasteiger partial charge in [0.25, 0.3) is 17.7 Å². The first-order chi connectivity index (χ1) is 14.8. The average molecular weight is 434 g/mol. The SMILES string of the molecule is O=C1CCC(N2C(=O)c3ccc(NCCC4CCNCCC4(F)F)cc3C2=O)C(=O)N1. The van der Waals surface area contributed by atoms with Gasteiger partial charge in [0, 0.05) is 37.5 Å². The van der Waals surface area contributed by atoms with Crippen LogP contribution in [0, 0.1) is 5.92 Å². The number of imide groups is 2. The molecule has 2 saturated heterocycles. The fraction of sp³-hybridized carbons (Fsp3) is 0.524. The lowest BCUT2D eigenvalue weighted by Crippen LogP contribution is -2.54. The normalized spacial score (nSPS) is 25.8. The number of halogens is 2. The van der Waals surface area contributed by atoms with E-state index >= 15 is 0 Å². The van der Waals surface area contributed by atoms with Crippen molar-refractivity contribution in [3.05, 3.63) is 29.3 Å². The van der Waals surface area contributed by atoms with Crippen molar-refractivity contribution in [1.82, 2.24) is 15.5 Å². The molecule has 0 bridgehead atoms. The number of alkyl halides is 2. The molecule has 2 fully saturated rings. The molecular formula is C21H24F2N4O4. The molecule has 1 aromatic rings. The van der Waals surface area contributed by atoms with Gasteiger partial charge in [0.05, 0.1) is 11.1 Å². The van der Waals surface area contributed by atoms with Crippen molar-refractivity contribution in [2.75, 3.05) is 25.0 Å². The van der Waals surface area contributed by atoms with Crippen LogP contribution in [0.2, 0.25) is 0 Å². The highest BCUT2D eigenvalue weighted by Gasteiger charge is 2.44. The van der Waals surface area contributed by atoms with Gasteiger partial charge in [-0.3, -0.25) is 29.4 Å². The first-order valence-corrected chi connectivity index (χ1v) is 10.5. The Kier molecular flexibility index (Phi) is 5.74. The van der Waals surface area contributed by atoms with E-state index in [1.54, 1.807) is 6.07 Å². The second-order valence-electron chi connectivity index (χ2n) is 8.17. The summed E-state index contributed by atoms with van der Waals surface area (Å²) in [5.74, 6) is -5.71. The molecule has 8 nitrogen and oxygen atoms in total. The zero-order valence-electron chi connectivity index (χ0n) is 16.9. The van der Waals surface area contributed by atoms with Crippen molar-refractivity contribution >= 4 is 29.3 Å². The van der Waals surface area contributed by atoms with Crippen LogP contribution < -0.4 is 16.0 Å². The van der Waals surface area contributed by atoms with Crippen molar-refractivity contribution in [2.45, 2.75) is 44.1 Å². The summed E-state index contributed by atoms with van der Waals surface area (Å²) in [6.45, 7) is 1.17. The summed E-state index contributed by atoms with van der Waals surface area (Å²) >= 11 is 0. The summed E-state index contributed by atoms with van der Waals surface area (Å²) in [6, 6.07) is 3.60. The zero-order valence-corrected chi connectivity index (χ0v) is 16.9. The Labute approximate surface area is 177 Å². The standard InChI is InChI=1S/C21H24F2N4O4/c22-21(23)7-10-24-8-5-12(21)6-9-25-13-1-2-14-15(11-13)20(31)27(19(14)30)16-3-4-17(28)26-18(16)29/h1-2,11-12,16,24-25H,3-10H2,(H,26,28,29). The number of hydrogen-bond donors (Lipinski definition) is 3. The number of nitrogens with zero attached hydrogens (tertiary/aromatic N) is 1. The van der Waals surface area contributed by atoms with Gasteiger partial charge >= 0.3 is 0 Å². The lowest BCUT2D eigenvalue weighted by molar-refractivity contribution is -0.136. The maximum atomic E-state index is 14.2. The predicted octanol–water partition coefficient (Wildman–Crippen LogP) is 1.52. The second-order valence-corrected chi connectivity index (χ2v) is 8.17. The Hall–Kier alpha value is -2.88. The smallest absolute Gasteiger partial charge is 0.262 e. The first kappa shape index (κ1) is 21.4. The Morgan fingerprint density at radius 1 is 1.06 bits per heavy atom. The van der Waals surface area contributed by atoms with Gasteiger partial charge < -0.3 is 10.6 Å². The van der Waals surface area contributed by atoms with E-state index in [0.29, 0.717) is 31.7 Å². The van der Waals surface area contributed by atoms with E-state index in [4.69, 9.17) is 0 Å². The molecule has 0 aromatic heterocycles. The van der Waals surface area contributed by atoms with Gasteiger partial charge in [0.1, 0.15) is 6.04 Å². The van der Waals surface area contributed by atoms with E-state index < -0.39 is 41.5 Å². The fourth-order valence-corrected chi connectivity index (χ4v) is 4.40. The summed E-state index contributed by atoms with van der Waals surface area (Å²) in [4.78, 5) is 49.9. The van der Waals surface area contributed by atoms with Crippen LogP contribution in [0.4, 0.5) is 14.5 Å². The molecule has 0 aliphatic carbocycles. The van der Waals surface area contributed by atoms with Crippen LogP contribution >= 0.6 is 0 Å². The minimum Gasteiger partial charge on any atom is -0.385 e. The molecule has 3 aliphatic heterocycles. The summed E-state index contributed by atoms with van der Waals surface area (Å²) in [5.41, 5.74) is 0.880. The van der Waals surface area contributed by atoms with Gasteiger partial charge in [0.15, 0.2) is 0 Å². The Morgan fingerprint density at radius 3 is 2.61 bits per heavy atom. The van der Waals surface area contributed by atoms with Gasteiger partial charge in [-0.25, -0.2) is 8.78 Å². The molecule has 2 unspecified atom stereocenters.